The van der Waals surface area contributed by atoms with E-state index >= 15 is 0 Å². The zero-order chi connectivity index (χ0) is 15.4. The van der Waals surface area contributed by atoms with Gasteiger partial charge in [-0.15, -0.1) is 0 Å². The summed E-state index contributed by atoms with van der Waals surface area (Å²) in [5.74, 6) is -0.0913. The fraction of sp³-hybridized carbons (Fsp3) is 0.375. The first-order valence-electron chi connectivity index (χ1n) is 7.07. The summed E-state index contributed by atoms with van der Waals surface area (Å²) in [6.07, 6.45) is 1.81. The molecule has 0 unspecified atom stereocenters. The topological polar surface area (TPSA) is 50.2 Å². The van der Waals surface area contributed by atoms with E-state index in [0.29, 0.717) is 11.7 Å². The summed E-state index contributed by atoms with van der Waals surface area (Å²) in [5, 5.41) is 7.73. The predicted molar refractivity (Wildman–Crippen MR) is 83.6 cm³/mol. The van der Waals surface area contributed by atoms with E-state index in [0.717, 1.165) is 12.2 Å². The van der Waals surface area contributed by atoms with E-state index < -0.39 is 0 Å². The average molecular weight is 286 g/mol. The molecule has 0 fully saturated rings. The number of nitrogens with zero attached hydrogens (tertiary/aromatic N) is 3. The molecule has 0 saturated heterocycles. The van der Waals surface area contributed by atoms with Crippen molar-refractivity contribution in [3.8, 4) is 5.69 Å². The second-order valence-corrected chi connectivity index (χ2v) is 5.55. The smallest absolute Gasteiger partial charge is 0.273 e. The Kier molecular flexibility index (Phi) is 4.75. The van der Waals surface area contributed by atoms with Crippen molar-refractivity contribution in [3.05, 3.63) is 47.8 Å². The van der Waals surface area contributed by atoms with Crippen molar-refractivity contribution < 1.29 is 4.79 Å². The highest BCUT2D eigenvalue weighted by Gasteiger charge is 2.12. The van der Waals surface area contributed by atoms with Gasteiger partial charge in [0.05, 0.1) is 5.69 Å². The number of carbonyl (C=O) groups is 1. The number of nitrogens with one attached hydrogen (secondary N) is 1. The minimum Gasteiger partial charge on any atom is -0.343 e. The van der Waals surface area contributed by atoms with Crippen molar-refractivity contribution in [3.63, 3.8) is 0 Å². The lowest BCUT2D eigenvalue weighted by molar-refractivity contribution is 0.0821. The van der Waals surface area contributed by atoms with Gasteiger partial charge in [0, 0.05) is 32.9 Å². The van der Waals surface area contributed by atoms with Gasteiger partial charge in [0.2, 0.25) is 0 Å². The lowest BCUT2D eigenvalue weighted by atomic mass is 10.2. The Labute approximate surface area is 125 Å². The van der Waals surface area contributed by atoms with Crippen LogP contribution in [0.25, 0.3) is 5.69 Å². The van der Waals surface area contributed by atoms with Crippen LogP contribution in [0.3, 0.4) is 0 Å². The monoisotopic (exact) mass is 286 g/mol. The van der Waals surface area contributed by atoms with E-state index in [4.69, 9.17) is 0 Å². The van der Waals surface area contributed by atoms with Crippen molar-refractivity contribution >= 4 is 5.91 Å². The van der Waals surface area contributed by atoms with Gasteiger partial charge in [0.15, 0.2) is 5.69 Å². The van der Waals surface area contributed by atoms with Crippen LogP contribution in [0.1, 0.15) is 29.9 Å². The number of aromatic nitrogens is 2. The molecule has 21 heavy (non-hydrogen) atoms. The Balaban J connectivity index is 2.18. The number of benzene rings is 1. The highest BCUT2D eigenvalue weighted by molar-refractivity contribution is 5.91. The first-order valence-corrected chi connectivity index (χ1v) is 7.07. The van der Waals surface area contributed by atoms with Gasteiger partial charge in [0.1, 0.15) is 0 Å². The van der Waals surface area contributed by atoms with Crippen molar-refractivity contribution in [2.24, 2.45) is 0 Å². The van der Waals surface area contributed by atoms with Crippen LogP contribution in [0.2, 0.25) is 0 Å². The maximum Gasteiger partial charge on any atom is 0.273 e. The third-order valence-corrected chi connectivity index (χ3v) is 3.10. The van der Waals surface area contributed by atoms with Crippen LogP contribution in [-0.2, 0) is 6.54 Å². The first kappa shape index (κ1) is 15.3. The second kappa shape index (κ2) is 6.54. The van der Waals surface area contributed by atoms with Gasteiger partial charge < -0.3 is 10.2 Å². The Bertz CT molecular complexity index is 616. The minimum atomic E-state index is -0.0913. The minimum absolute atomic E-state index is 0.0913. The van der Waals surface area contributed by atoms with Gasteiger partial charge in [-0.25, -0.2) is 4.68 Å². The standard InChI is InChI=1S/C16H22N4O/c1-12(2)17-11-13-6-5-7-14(10-13)20-9-8-15(18-20)16(21)19(3)4/h5-10,12,17H,11H2,1-4H3. The number of rotatable bonds is 5. The molecule has 1 amide bonds. The van der Waals surface area contributed by atoms with Crippen LogP contribution < -0.4 is 5.32 Å². The zero-order valence-corrected chi connectivity index (χ0v) is 13.0. The largest absolute Gasteiger partial charge is 0.343 e. The highest BCUT2D eigenvalue weighted by Crippen LogP contribution is 2.11. The molecule has 0 spiro atoms. The molecule has 5 heteroatoms. The maximum atomic E-state index is 11.9. The van der Waals surface area contributed by atoms with E-state index in [9.17, 15) is 4.79 Å². The van der Waals surface area contributed by atoms with Crippen LogP contribution in [0, 0.1) is 0 Å². The molecule has 1 aromatic heterocycles. The lowest BCUT2D eigenvalue weighted by Gasteiger charge is -2.10. The van der Waals surface area contributed by atoms with Crippen molar-refractivity contribution in [1.29, 1.82) is 0 Å². The third kappa shape index (κ3) is 3.92. The van der Waals surface area contributed by atoms with Gasteiger partial charge in [-0.1, -0.05) is 26.0 Å². The Morgan fingerprint density at radius 1 is 1.33 bits per heavy atom. The van der Waals surface area contributed by atoms with Gasteiger partial charge in [-0.05, 0) is 23.8 Å². The van der Waals surface area contributed by atoms with Crippen LogP contribution >= 0.6 is 0 Å². The number of hydrogen-bond acceptors (Lipinski definition) is 3. The van der Waals surface area contributed by atoms with Crippen molar-refractivity contribution in [2.45, 2.75) is 26.4 Å². The summed E-state index contributed by atoms with van der Waals surface area (Å²) in [7, 11) is 3.44. The predicted octanol–water partition coefficient (Wildman–Crippen LogP) is 2.07. The summed E-state index contributed by atoms with van der Waals surface area (Å²) in [4.78, 5) is 13.4. The SMILES string of the molecule is CC(C)NCc1cccc(-n2ccc(C(=O)N(C)C)n2)c1. The van der Waals surface area contributed by atoms with Gasteiger partial charge >= 0.3 is 0 Å². The van der Waals surface area contributed by atoms with Crippen LogP contribution in [0.15, 0.2) is 36.5 Å². The fourth-order valence-electron chi connectivity index (χ4n) is 1.94. The molecule has 5 nitrogen and oxygen atoms in total. The van der Waals surface area contributed by atoms with Crippen molar-refractivity contribution in [1.82, 2.24) is 20.0 Å². The Morgan fingerprint density at radius 3 is 2.76 bits per heavy atom. The van der Waals surface area contributed by atoms with Gasteiger partial charge in [-0.2, -0.15) is 5.10 Å². The van der Waals surface area contributed by atoms with Gasteiger partial charge in [-0.3, -0.25) is 4.79 Å². The van der Waals surface area contributed by atoms with Crippen LogP contribution in [0.4, 0.5) is 0 Å². The molecule has 1 N–H and O–H groups in total. The summed E-state index contributed by atoms with van der Waals surface area (Å²) in [6, 6.07) is 10.3. The fourth-order valence-corrected chi connectivity index (χ4v) is 1.94. The molecular formula is C16H22N4O. The third-order valence-electron chi connectivity index (χ3n) is 3.10. The van der Waals surface area contributed by atoms with Crippen LogP contribution in [-0.4, -0.2) is 40.7 Å². The molecule has 1 heterocycles. The quantitative estimate of drug-likeness (QED) is 0.915. The molecular weight excluding hydrogens is 264 g/mol. The van der Waals surface area contributed by atoms with E-state index in [2.05, 4.69) is 36.4 Å². The molecule has 1 aromatic carbocycles. The summed E-state index contributed by atoms with van der Waals surface area (Å²) in [6.45, 7) is 5.06. The van der Waals surface area contributed by atoms with E-state index in [1.807, 2.05) is 18.3 Å². The summed E-state index contributed by atoms with van der Waals surface area (Å²) in [5.41, 5.74) is 2.60. The van der Waals surface area contributed by atoms with Gasteiger partial charge in [0.25, 0.3) is 5.91 Å². The molecule has 2 rings (SSSR count). The number of carbonyl (C=O) groups excluding carboxylic acids is 1. The highest BCUT2D eigenvalue weighted by atomic mass is 16.2. The van der Waals surface area contributed by atoms with E-state index in [1.54, 1.807) is 24.8 Å². The normalized spacial score (nSPS) is 10.9. The molecule has 0 atom stereocenters. The van der Waals surface area contributed by atoms with Crippen molar-refractivity contribution in [2.75, 3.05) is 14.1 Å². The van der Waals surface area contributed by atoms with E-state index in [1.165, 1.54) is 10.5 Å². The second-order valence-electron chi connectivity index (χ2n) is 5.55. The summed E-state index contributed by atoms with van der Waals surface area (Å²) >= 11 is 0. The number of amides is 1. The van der Waals surface area contributed by atoms with E-state index in [-0.39, 0.29) is 5.91 Å². The molecule has 0 radical (unpaired) electrons. The Hall–Kier alpha value is -2.14. The first-order chi connectivity index (χ1) is 9.97. The molecule has 0 saturated carbocycles. The molecule has 2 aromatic rings. The van der Waals surface area contributed by atoms with Crippen LogP contribution in [0.5, 0.6) is 0 Å². The average Bonchev–Trinajstić information content (AvgIpc) is 2.94. The summed E-state index contributed by atoms with van der Waals surface area (Å²) < 4.78 is 1.73. The molecule has 0 aliphatic rings. The molecule has 0 aliphatic heterocycles. The Morgan fingerprint density at radius 2 is 2.10 bits per heavy atom. The molecule has 112 valence electrons. The molecule has 0 bridgehead atoms. The lowest BCUT2D eigenvalue weighted by Crippen LogP contribution is -2.22. The molecule has 0 aliphatic carbocycles. The zero-order valence-electron chi connectivity index (χ0n) is 13.0. The maximum absolute atomic E-state index is 11.9. The number of hydrogen-bond donors (Lipinski definition) is 1.